The van der Waals surface area contributed by atoms with Crippen LogP contribution >= 0.6 is 22.9 Å². The number of carbonyl (C=O) groups is 1. The van der Waals surface area contributed by atoms with Gasteiger partial charge in [-0.05, 0) is 6.07 Å². The zero-order chi connectivity index (χ0) is 21.3. The first-order valence-electron chi connectivity index (χ1n) is 8.99. The summed E-state index contributed by atoms with van der Waals surface area (Å²) in [6, 6.07) is 4.59. The van der Waals surface area contributed by atoms with Crippen LogP contribution in [0.4, 0.5) is 0 Å². The number of pyridine rings is 1. The molecule has 4 rings (SSSR count). The highest BCUT2D eigenvalue weighted by Gasteiger charge is 2.30. The molecule has 0 radical (unpaired) electrons. The third kappa shape index (κ3) is 3.79. The highest BCUT2D eigenvalue weighted by atomic mass is 35.5. The minimum atomic E-state index is -1.31. The summed E-state index contributed by atoms with van der Waals surface area (Å²) in [6.45, 7) is 0.979. The molecule has 0 amide bonds. The van der Waals surface area contributed by atoms with Gasteiger partial charge in [0.1, 0.15) is 22.8 Å². The molecule has 0 saturated heterocycles. The van der Waals surface area contributed by atoms with Gasteiger partial charge in [0.2, 0.25) is 6.23 Å². The quantitative estimate of drug-likeness (QED) is 0.550. The summed E-state index contributed by atoms with van der Waals surface area (Å²) in [5.74, 6) is -0.404. The summed E-state index contributed by atoms with van der Waals surface area (Å²) >= 11 is 7.78. The molecule has 0 saturated carbocycles. The fraction of sp³-hybridized carbons (Fsp3) is 0.250. The van der Waals surface area contributed by atoms with Gasteiger partial charge in [-0.2, -0.15) is 0 Å². The Labute approximate surface area is 180 Å². The molecule has 1 aliphatic rings. The predicted octanol–water partition coefficient (Wildman–Crippen LogP) is 3.68. The Bertz CT molecular complexity index is 1140. The van der Waals surface area contributed by atoms with Crippen molar-refractivity contribution < 1.29 is 24.1 Å². The molecule has 1 aromatic carbocycles. The van der Waals surface area contributed by atoms with Crippen LogP contribution in [0.25, 0.3) is 11.3 Å². The van der Waals surface area contributed by atoms with E-state index in [1.54, 1.807) is 34.7 Å². The number of thiazole rings is 1. The number of aromatic nitrogens is 2. The second-order valence-electron chi connectivity index (χ2n) is 6.51. The number of carboxylic acids is 1. The van der Waals surface area contributed by atoms with E-state index in [1.807, 2.05) is 0 Å². The largest absolute Gasteiger partial charge is 0.492 e. The van der Waals surface area contributed by atoms with Gasteiger partial charge in [-0.15, -0.1) is 11.3 Å². The molecule has 3 aromatic rings. The van der Waals surface area contributed by atoms with Gasteiger partial charge >= 0.3 is 5.97 Å². The number of hydrogen-bond donors (Lipinski definition) is 1. The van der Waals surface area contributed by atoms with E-state index in [1.165, 1.54) is 23.6 Å². The van der Waals surface area contributed by atoms with Crippen LogP contribution in [0.1, 0.15) is 28.7 Å². The van der Waals surface area contributed by atoms with E-state index in [-0.39, 0.29) is 5.56 Å². The van der Waals surface area contributed by atoms with Gasteiger partial charge in [0, 0.05) is 49.4 Å². The number of ether oxygens (including phenoxy) is 3. The van der Waals surface area contributed by atoms with Crippen LogP contribution in [-0.4, -0.2) is 41.0 Å². The van der Waals surface area contributed by atoms with Gasteiger partial charge in [0.15, 0.2) is 5.43 Å². The van der Waals surface area contributed by atoms with Crippen LogP contribution in [0.15, 0.2) is 40.1 Å². The normalized spacial score (nSPS) is 14.5. The van der Waals surface area contributed by atoms with Crippen molar-refractivity contribution in [2.45, 2.75) is 12.6 Å². The summed E-state index contributed by atoms with van der Waals surface area (Å²) < 4.78 is 18.5. The smallest absolute Gasteiger partial charge is 0.341 e. The average molecular weight is 449 g/mol. The molecule has 1 N–H and O–H groups in total. The fourth-order valence-corrected chi connectivity index (χ4v) is 3.95. The Hall–Kier alpha value is -2.88. The van der Waals surface area contributed by atoms with Crippen molar-refractivity contribution in [2.75, 3.05) is 20.3 Å². The van der Waals surface area contributed by atoms with Gasteiger partial charge in [0.25, 0.3) is 0 Å². The predicted molar refractivity (Wildman–Crippen MR) is 111 cm³/mol. The Morgan fingerprint density at radius 1 is 1.37 bits per heavy atom. The van der Waals surface area contributed by atoms with Crippen LogP contribution in [0.5, 0.6) is 11.5 Å². The van der Waals surface area contributed by atoms with Crippen molar-refractivity contribution in [1.29, 1.82) is 0 Å². The summed E-state index contributed by atoms with van der Waals surface area (Å²) in [7, 11) is 1.62. The topological polar surface area (TPSA) is 99.9 Å². The molecule has 2 aromatic heterocycles. The first kappa shape index (κ1) is 20.4. The van der Waals surface area contributed by atoms with Crippen LogP contribution in [0, 0.1) is 0 Å². The minimum Gasteiger partial charge on any atom is -0.492 e. The third-order valence-electron chi connectivity index (χ3n) is 4.57. The second kappa shape index (κ2) is 8.47. The molecular formula is C20H17ClN2O6S. The maximum atomic E-state index is 12.4. The molecular weight excluding hydrogens is 432 g/mol. The molecule has 1 atom stereocenters. The number of rotatable bonds is 7. The molecule has 0 fully saturated rings. The lowest BCUT2D eigenvalue weighted by molar-refractivity contribution is 0.0693. The van der Waals surface area contributed by atoms with Crippen molar-refractivity contribution in [3.63, 3.8) is 0 Å². The number of methoxy groups -OCH3 is 1. The maximum Gasteiger partial charge on any atom is 0.341 e. The molecule has 0 spiro atoms. The van der Waals surface area contributed by atoms with E-state index in [9.17, 15) is 14.7 Å². The molecule has 10 heteroatoms. The van der Waals surface area contributed by atoms with Crippen molar-refractivity contribution >= 4 is 28.9 Å². The Morgan fingerprint density at radius 3 is 2.90 bits per heavy atom. The Morgan fingerprint density at radius 2 is 2.20 bits per heavy atom. The first-order chi connectivity index (χ1) is 14.5. The van der Waals surface area contributed by atoms with Gasteiger partial charge in [-0.25, -0.2) is 9.78 Å². The molecule has 156 valence electrons. The van der Waals surface area contributed by atoms with Gasteiger partial charge in [-0.1, -0.05) is 11.6 Å². The van der Waals surface area contributed by atoms with E-state index < -0.39 is 17.6 Å². The van der Waals surface area contributed by atoms with Crippen LogP contribution in [-0.2, 0) is 4.74 Å². The number of fused-ring (bicyclic) bond motifs is 3. The van der Waals surface area contributed by atoms with E-state index >= 15 is 0 Å². The number of nitrogens with zero attached hydrogens (tertiary/aromatic N) is 2. The molecule has 8 nitrogen and oxygen atoms in total. The van der Waals surface area contributed by atoms with Crippen molar-refractivity contribution in [3.05, 3.63) is 61.8 Å². The van der Waals surface area contributed by atoms with E-state index in [2.05, 4.69) is 4.98 Å². The van der Waals surface area contributed by atoms with Crippen molar-refractivity contribution in [1.82, 2.24) is 9.55 Å². The summed E-state index contributed by atoms with van der Waals surface area (Å²) in [5, 5.41) is 11.5. The highest BCUT2D eigenvalue weighted by Crippen LogP contribution is 2.44. The average Bonchev–Trinajstić information content (AvgIpc) is 3.25. The SMILES string of the molecule is COCCCOc1cc2c(cc1Cl)-c1cc(=O)c(C(=O)O)cn1[C@@H](c1cscn1)O2. The summed E-state index contributed by atoms with van der Waals surface area (Å²) in [6.07, 6.45) is 1.23. The van der Waals surface area contributed by atoms with E-state index in [4.69, 9.17) is 25.8 Å². The molecule has 1 aliphatic heterocycles. The van der Waals surface area contributed by atoms with Crippen LogP contribution in [0.3, 0.4) is 0 Å². The number of carboxylic acid groups (broad SMARTS) is 1. The number of aromatic carboxylic acids is 1. The number of hydrogen-bond acceptors (Lipinski definition) is 7. The second-order valence-corrected chi connectivity index (χ2v) is 7.63. The highest BCUT2D eigenvalue weighted by molar-refractivity contribution is 7.07. The van der Waals surface area contributed by atoms with Gasteiger partial charge in [-0.3, -0.25) is 4.79 Å². The van der Waals surface area contributed by atoms with Crippen molar-refractivity contribution in [2.24, 2.45) is 0 Å². The van der Waals surface area contributed by atoms with Gasteiger partial charge < -0.3 is 23.9 Å². The minimum absolute atomic E-state index is 0.350. The van der Waals surface area contributed by atoms with Gasteiger partial charge in [0.05, 0.1) is 22.8 Å². The zero-order valence-corrected chi connectivity index (χ0v) is 17.4. The molecule has 0 aliphatic carbocycles. The third-order valence-corrected chi connectivity index (χ3v) is 5.47. The first-order valence-corrected chi connectivity index (χ1v) is 10.3. The number of benzene rings is 1. The lowest BCUT2D eigenvalue weighted by Crippen LogP contribution is -2.28. The summed E-state index contributed by atoms with van der Waals surface area (Å²) in [5.41, 5.74) is 2.33. The zero-order valence-electron chi connectivity index (χ0n) is 15.8. The lowest BCUT2D eigenvalue weighted by Gasteiger charge is -2.31. The van der Waals surface area contributed by atoms with Crippen LogP contribution < -0.4 is 14.9 Å². The molecule has 0 bridgehead atoms. The monoisotopic (exact) mass is 448 g/mol. The standard InChI is InChI=1S/C20H17ClN2O6S/c1-27-3-2-4-28-18-7-17-11(5-13(18)21)15-6-16(24)12(20(25)26)8-23(15)19(29-17)14-9-30-10-22-14/h5-10,19H,2-4H2,1H3,(H,25,26)/t19-/m1/s1. The van der Waals surface area contributed by atoms with E-state index in [0.717, 1.165) is 0 Å². The van der Waals surface area contributed by atoms with Crippen LogP contribution in [0.2, 0.25) is 5.02 Å². The molecule has 30 heavy (non-hydrogen) atoms. The molecule has 3 heterocycles. The summed E-state index contributed by atoms with van der Waals surface area (Å²) in [4.78, 5) is 28.1. The number of halogens is 1. The lowest BCUT2D eigenvalue weighted by atomic mass is 10.1. The van der Waals surface area contributed by atoms with E-state index in [0.29, 0.717) is 53.1 Å². The Balaban J connectivity index is 1.81. The molecule has 0 unspecified atom stereocenters. The Kier molecular flexibility index (Phi) is 5.76. The fourth-order valence-electron chi connectivity index (χ4n) is 3.17. The maximum absolute atomic E-state index is 12.4. The van der Waals surface area contributed by atoms with Crippen molar-refractivity contribution in [3.8, 4) is 22.8 Å².